The topological polar surface area (TPSA) is 38.5 Å². The molecule has 2 heterocycles. The maximum Gasteiger partial charge on any atom is 0.0568 e. The fourth-order valence-corrected chi connectivity index (χ4v) is 5.16. The Kier molecular flexibility index (Phi) is 3.89. The van der Waals surface area contributed by atoms with E-state index in [0.717, 1.165) is 31.3 Å². The zero-order chi connectivity index (χ0) is 13.5. The molecular formula is C16H30N2O. The van der Waals surface area contributed by atoms with Crippen LogP contribution < -0.4 is 5.73 Å². The second kappa shape index (κ2) is 5.34. The third kappa shape index (κ3) is 2.45. The molecule has 3 nitrogen and oxygen atoms in total. The first-order valence-electron chi connectivity index (χ1n) is 8.27. The Morgan fingerprint density at radius 3 is 2.47 bits per heavy atom. The predicted molar refractivity (Wildman–Crippen MR) is 78.1 cm³/mol. The highest BCUT2D eigenvalue weighted by Crippen LogP contribution is 2.44. The van der Waals surface area contributed by atoms with Gasteiger partial charge in [-0.1, -0.05) is 12.8 Å². The van der Waals surface area contributed by atoms with Crippen LogP contribution in [0.1, 0.15) is 58.8 Å². The molecule has 0 aromatic carbocycles. The first-order valence-corrected chi connectivity index (χ1v) is 8.27. The summed E-state index contributed by atoms with van der Waals surface area (Å²) in [5.74, 6) is 0.950. The minimum atomic E-state index is 0.216. The lowest BCUT2D eigenvalue weighted by Gasteiger charge is -2.51. The minimum Gasteiger partial charge on any atom is -0.375 e. The van der Waals surface area contributed by atoms with Gasteiger partial charge in [-0.15, -0.1) is 0 Å². The molecule has 0 aromatic heterocycles. The van der Waals surface area contributed by atoms with Crippen molar-refractivity contribution < 1.29 is 4.74 Å². The van der Waals surface area contributed by atoms with Crippen LogP contribution in [0.3, 0.4) is 0 Å². The van der Waals surface area contributed by atoms with Crippen LogP contribution in [0.2, 0.25) is 0 Å². The quantitative estimate of drug-likeness (QED) is 0.835. The molecule has 2 N–H and O–H groups in total. The summed E-state index contributed by atoms with van der Waals surface area (Å²) in [6.45, 7) is 6.50. The number of fused-ring (bicyclic) bond motifs is 1. The van der Waals surface area contributed by atoms with E-state index >= 15 is 0 Å². The Labute approximate surface area is 117 Å². The lowest BCUT2D eigenvalue weighted by molar-refractivity contribution is -0.109. The first kappa shape index (κ1) is 13.8. The fraction of sp³-hybridized carbons (Fsp3) is 1.00. The van der Waals surface area contributed by atoms with Gasteiger partial charge < -0.3 is 10.5 Å². The van der Waals surface area contributed by atoms with Crippen molar-refractivity contribution in [2.45, 2.75) is 82.6 Å². The Hall–Kier alpha value is -0.120. The van der Waals surface area contributed by atoms with Gasteiger partial charge in [0, 0.05) is 18.1 Å². The van der Waals surface area contributed by atoms with Gasteiger partial charge in [0.05, 0.1) is 12.2 Å². The molecule has 0 spiro atoms. The second-order valence-electron chi connectivity index (χ2n) is 7.19. The highest BCUT2D eigenvalue weighted by atomic mass is 16.5. The van der Waals surface area contributed by atoms with Crippen LogP contribution in [0.25, 0.3) is 0 Å². The molecule has 110 valence electrons. The van der Waals surface area contributed by atoms with Crippen LogP contribution in [-0.4, -0.2) is 41.8 Å². The maximum atomic E-state index is 6.27. The van der Waals surface area contributed by atoms with E-state index in [1.165, 1.54) is 38.6 Å². The number of ether oxygens (including phenoxy) is 1. The van der Waals surface area contributed by atoms with Gasteiger partial charge in [-0.25, -0.2) is 0 Å². The smallest absolute Gasteiger partial charge is 0.0568 e. The lowest BCUT2D eigenvalue weighted by atomic mass is 9.79. The van der Waals surface area contributed by atoms with Crippen LogP contribution in [0, 0.1) is 5.92 Å². The van der Waals surface area contributed by atoms with E-state index in [9.17, 15) is 0 Å². The molecule has 1 saturated carbocycles. The Balaban J connectivity index is 1.81. The summed E-state index contributed by atoms with van der Waals surface area (Å²) < 4.78 is 5.96. The third-order valence-electron chi connectivity index (χ3n) is 5.80. The molecular weight excluding hydrogens is 236 g/mol. The molecule has 0 amide bonds. The van der Waals surface area contributed by atoms with Gasteiger partial charge >= 0.3 is 0 Å². The maximum absolute atomic E-state index is 6.27. The van der Waals surface area contributed by atoms with Crippen LogP contribution >= 0.6 is 0 Å². The zero-order valence-electron chi connectivity index (χ0n) is 12.6. The van der Waals surface area contributed by atoms with Crippen LogP contribution in [0.5, 0.6) is 0 Å². The molecule has 19 heavy (non-hydrogen) atoms. The van der Waals surface area contributed by atoms with Crippen molar-refractivity contribution in [1.29, 1.82) is 0 Å². The summed E-state index contributed by atoms with van der Waals surface area (Å²) in [4.78, 5) is 2.81. The molecule has 2 saturated heterocycles. The number of rotatable bonds is 2. The molecule has 2 aliphatic heterocycles. The average molecular weight is 266 g/mol. The van der Waals surface area contributed by atoms with Gasteiger partial charge in [0.25, 0.3) is 0 Å². The van der Waals surface area contributed by atoms with Crippen molar-refractivity contribution in [1.82, 2.24) is 4.90 Å². The molecule has 3 heteroatoms. The van der Waals surface area contributed by atoms with Crippen molar-refractivity contribution in [3.8, 4) is 0 Å². The highest BCUT2D eigenvalue weighted by molar-refractivity contribution is 5.04. The summed E-state index contributed by atoms with van der Waals surface area (Å²) >= 11 is 0. The Morgan fingerprint density at radius 2 is 1.79 bits per heavy atom. The van der Waals surface area contributed by atoms with Crippen molar-refractivity contribution in [2.24, 2.45) is 11.7 Å². The number of nitrogens with two attached hydrogens (primary N) is 1. The van der Waals surface area contributed by atoms with E-state index < -0.39 is 0 Å². The van der Waals surface area contributed by atoms with Crippen molar-refractivity contribution in [3.63, 3.8) is 0 Å². The number of hydrogen-bond donors (Lipinski definition) is 1. The van der Waals surface area contributed by atoms with Crippen molar-refractivity contribution in [3.05, 3.63) is 0 Å². The second-order valence-corrected chi connectivity index (χ2v) is 7.19. The van der Waals surface area contributed by atoms with E-state index in [2.05, 4.69) is 18.7 Å². The van der Waals surface area contributed by atoms with Crippen molar-refractivity contribution in [2.75, 3.05) is 13.1 Å². The van der Waals surface area contributed by atoms with Gasteiger partial charge in [0.2, 0.25) is 0 Å². The van der Waals surface area contributed by atoms with Crippen LogP contribution in [0.4, 0.5) is 0 Å². The highest BCUT2D eigenvalue weighted by Gasteiger charge is 2.49. The number of hydrogen-bond acceptors (Lipinski definition) is 3. The van der Waals surface area contributed by atoms with Crippen LogP contribution in [-0.2, 0) is 4.74 Å². The van der Waals surface area contributed by atoms with Gasteiger partial charge in [-0.2, -0.15) is 0 Å². The summed E-state index contributed by atoms with van der Waals surface area (Å²) in [7, 11) is 0. The van der Waals surface area contributed by atoms with Crippen LogP contribution in [0.15, 0.2) is 0 Å². The molecule has 3 fully saturated rings. The fourth-order valence-electron chi connectivity index (χ4n) is 5.16. The molecule has 3 rings (SSSR count). The Bertz CT molecular complexity index is 310. The Morgan fingerprint density at radius 1 is 1.11 bits per heavy atom. The molecule has 1 aliphatic carbocycles. The lowest BCUT2D eigenvalue weighted by Crippen LogP contribution is -2.61. The summed E-state index contributed by atoms with van der Waals surface area (Å²) in [5.41, 5.74) is 6.48. The first-order chi connectivity index (χ1) is 9.14. The zero-order valence-corrected chi connectivity index (χ0v) is 12.6. The monoisotopic (exact) mass is 266 g/mol. The summed E-state index contributed by atoms with van der Waals surface area (Å²) in [6, 6.07) is 0.815. The third-order valence-corrected chi connectivity index (χ3v) is 5.80. The molecule has 0 aromatic rings. The van der Waals surface area contributed by atoms with Gasteiger partial charge in [0.1, 0.15) is 0 Å². The molecule has 0 bridgehead atoms. The standard InChI is InChI=1S/C16H30N2O/c1-12-9-16(11-17,10-13(2)19-12)18-8-7-14-5-3-4-6-15(14)18/h12-15H,3-11,17H2,1-2H3. The largest absolute Gasteiger partial charge is 0.375 e. The summed E-state index contributed by atoms with van der Waals surface area (Å²) in [6.07, 6.45) is 10.1. The van der Waals surface area contributed by atoms with Gasteiger partial charge in [-0.05, 0) is 58.4 Å². The van der Waals surface area contributed by atoms with E-state index in [1.807, 2.05) is 0 Å². The van der Waals surface area contributed by atoms with E-state index in [-0.39, 0.29) is 5.54 Å². The summed E-state index contributed by atoms with van der Waals surface area (Å²) in [5, 5.41) is 0. The van der Waals surface area contributed by atoms with Gasteiger partial charge in [0.15, 0.2) is 0 Å². The van der Waals surface area contributed by atoms with E-state index in [4.69, 9.17) is 10.5 Å². The minimum absolute atomic E-state index is 0.216. The molecule has 4 atom stereocenters. The van der Waals surface area contributed by atoms with Gasteiger partial charge in [-0.3, -0.25) is 4.90 Å². The van der Waals surface area contributed by atoms with Crippen molar-refractivity contribution >= 4 is 0 Å². The normalized spacial score (nSPS) is 48.2. The average Bonchev–Trinajstić information content (AvgIpc) is 2.81. The molecule has 4 unspecified atom stereocenters. The molecule has 3 aliphatic rings. The molecule has 0 radical (unpaired) electrons. The van der Waals surface area contributed by atoms with E-state index in [1.54, 1.807) is 0 Å². The SMILES string of the molecule is CC1CC(CN)(N2CCC3CCCCC32)CC(C)O1. The number of likely N-dealkylation sites (tertiary alicyclic amines) is 1. The van der Waals surface area contributed by atoms with E-state index in [0.29, 0.717) is 12.2 Å². The number of nitrogens with zero attached hydrogens (tertiary/aromatic N) is 1. The predicted octanol–water partition coefficient (Wildman–Crippen LogP) is 2.54.